The van der Waals surface area contributed by atoms with Crippen molar-refractivity contribution in [3.05, 3.63) is 33.4 Å². The number of hydrogen-bond acceptors (Lipinski definition) is 3. The van der Waals surface area contributed by atoms with Crippen molar-refractivity contribution in [2.75, 3.05) is 11.4 Å². The van der Waals surface area contributed by atoms with Gasteiger partial charge in [0.2, 0.25) is 5.91 Å². The fourth-order valence-electron chi connectivity index (χ4n) is 4.06. The molecule has 3 rings (SSSR count). The minimum absolute atomic E-state index is 0.0954. The van der Waals surface area contributed by atoms with Crippen LogP contribution in [-0.2, 0) is 4.79 Å². The maximum absolute atomic E-state index is 13.0. The van der Waals surface area contributed by atoms with Crippen molar-refractivity contribution < 1.29 is 9.72 Å². The Balaban J connectivity index is 1.97. The Morgan fingerprint density at radius 2 is 1.77 bits per heavy atom. The lowest BCUT2D eigenvalue weighted by Crippen LogP contribution is -2.36. The molecule has 22 heavy (non-hydrogen) atoms. The Bertz CT molecular complexity index is 633. The van der Waals surface area contributed by atoms with Gasteiger partial charge in [-0.3, -0.25) is 14.9 Å². The normalized spacial score (nSPS) is 20.6. The van der Waals surface area contributed by atoms with Gasteiger partial charge in [0, 0.05) is 18.2 Å². The molecule has 2 fully saturated rings. The van der Waals surface area contributed by atoms with E-state index in [2.05, 4.69) is 0 Å². The molecule has 5 heteroatoms. The van der Waals surface area contributed by atoms with E-state index in [9.17, 15) is 14.9 Å². The molecule has 1 aliphatic heterocycles. The molecule has 1 saturated carbocycles. The summed E-state index contributed by atoms with van der Waals surface area (Å²) < 4.78 is 0. The van der Waals surface area contributed by atoms with Crippen LogP contribution in [0.25, 0.3) is 0 Å². The van der Waals surface area contributed by atoms with Gasteiger partial charge < -0.3 is 4.90 Å². The van der Waals surface area contributed by atoms with Crippen LogP contribution in [0.1, 0.15) is 49.7 Å². The number of carbonyl (C=O) groups excluding carboxylic acids is 1. The molecule has 0 N–H and O–H groups in total. The van der Waals surface area contributed by atoms with E-state index in [1.54, 1.807) is 17.9 Å². The summed E-state index contributed by atoms with van der Waals surface area (Å²) in [5.74, 6) is 0.174. The number of aryl methyl sites for hydroxylation is 2. The average Bonchev–Trinajstić information content (AvgIpc) is 2.77. The number of rotatable bonds is 2. The Kier molecular flexibility index (Phi) is 3.67. The highest BCUT2D eigenvalue weighted by Crippen LogP contribution is 2.46. The highest BCUT2D eigenvalue weighted by molar-refractivity contribution is 6.00. The summed E-state index contributed by atoms with van der Waals surface area (Å²) in [5.41, 5.74) is 2.18. The molecular weight excluding hydrogens is 280 g/mol. The van der Waals surface area contributed by atoms with E-state index in [-0.39, 0.29) is 21.9 Å². The number of amides is 1. The molecule has 1 amide bonds. The third-order valence-corrected chi connectivity index (χ3v) is 5.33. The standard InChI is InChI=1S/C17H22N2O3/c1-12-10-13(2)15(19(21)22)11-14(12)18-9-8-17(16(18)20)6-4-3-5-7-17/h10-11H,3-9H2,1-2H3. The molecule has 0 radical (unpaired) electrons. The number of hydrogen-bond donors (Lipinski definition) is 0. The summed E-state index contributed by atoms with van der Waals surface area (Å²) in [4.78, 5) is 25.6. The van der Waals surface area contributed by atoms with Gasteiger partial charge in [0.1, 0.15) is 0 Å². The first-order valence-corrected chi connectivity index (χ1v) is 8.02. The monoisotopic (exact) mass is 302 g/mol. The van der Waals surface area contributed by atoms with Crippen LogP contribution in [0.2, 0.25) is 0 Å². The maximum Gasteiger partial charge on any atom is 0.274 e. The molecule has 0 aromatic heterocycles. The van der Waals surface area contributed by atoms with Crippen molar-refractivity contribution in [1.29, 1.82) is 0 Å². The van der Waals surface area contributed by atoms with Gasteiger partial charge in [-0.1, -0.05) is 19.3 Å². The lowest BCUT2D eigenvalue weighted by atomic mass is 9.73. The molecule has 1 aromatic carbocycles. The second-order valence-corrected chi connectivity index (χ2v) is 6.73. The van der Waals surface area contributed by atoms with Crippen LogP contribution in [0, 0.1) is 29.4 Å². The fourth-order valence-corrected chi connectivity index (χ4v) is 4.06. The minimum atomic E-state index is -0.366. The lowest BCUT2D eigenvalue weighted by Gasteiger charge is -2.31. The zero-order valence-corrected chi connectivity index (χ0v) is 13.2. The molecule has 1 aliphatic carbocycles. The number of carbonyl (C=O) groups is 1. The van der Waals surface area contributed by atoms with Crippen LogP contribution in [0.4, 0.5) is 11.4 Å². The van der Waals surface area contributed by atoms with Crippen LogP contribution in [0.3, 0.4) is 0 Å². The van der Waals surface area contributed by atoms with Gasteiger partial charge >= 0.3 is 0 Å². The first-order valence-electron chi connectivity index (χ1n) is 8.02. The van der Waals surface area contributed by atoms with E-state index in [1.165, 1.54) is 6.42 Å². The van der Waals surface area contributed by atoms with Gasteiger partial charge in [-0.2, -0.15) is 0 Å². The molecule has 2 aliphatic rings. The van der Waals surface area contributed by atoms with Gasteiger partial charge in [-0.15, -0.1) is 0 Å². The van der Waals surface area contributed by atoms with Crippen LogP contribution in [0.5, 0.6) is 0 Å². The summed E-state index contributed by atoms with van der Waals surface area (Å²) in [6, 6.07) is 3.39. The van der Waals surface area contributed by atoms with Crippen LogP contribution in [-0.4, -0.2) is 17.4 Å². The summed E-state index contributed by atoms with van der Waals surface area (Å²) in [6.07, 6.45) is 6.26. The molecule has 0 atom stereocenters. The van der Waals surface area contributed by atoms with Crippen molar-refractivity contribution in [3.63, 3.8) is 0 Å². The van der Waals surface area contributed by atoms with Crippen LogP contribution < -0.4 is 4.90 Å². The Labute approximate surface area is 130 Å². The second kappa shape index (κ2) is 5.38. The largest absolute Gasteiger partial charge is 0.311 e. The van der Waals surface area contributed by atoms with E-state index in [0.717, 1.165) is 37.7 Å². The minimum Gasteiger partial charge on any atom is -0.311 e. The van der Waals surface area contributed by atoms with Crippen molar-refractivity contribution in [3.8, 4) is 0 Å². The van der Waals surface area contributed by atoms with Gasteiger partial charge in [-0.05, 0) is 44.7 Å². The first-order chi connectivity index (χ1) is 10.4. The predicted molar refractivity (Wildman–Crippen MR) is 85.1 cm³/mol. The van der Waals surface area contributed by atoms with Gasteiger partial charge in [-0.25, -0.2) is 0 Å². The van der Waals surface area contributed by atoms with E-state index < -0.39 is 0 Å². The maximum atomic E-state index is 13.0. The Hall–Kier alpha value is -1.91. The molecule has 0 bridgehead atoms. The molecular formula is C17H22N2O3. The van der Waals surface area contributed by atoms with E-state index >= 15 is 0 Å². The zero-order chi connectivity index (χ0) is 15.9. The summed E-state index contributed by atoms with van der Waals surface area (Å²) in [6.45, 7) is 4.34. The fraction of sp³-hybridized carbons (Fsp3) is 0.588. The second-order valence-electron chi connectivity index (χ2n) is 6.73. The Morgan fingerprint density at radius 1 is 1.09 bits per heavy atom. The molecule has 1 aromatic rings. The molecule has 1 heterocycles. The predicted octanol–water partition coefficient (Wildman–Crippen LogP) is 3.90. The van der Waals surface area contributed by atoms with E-state index in [4.69, 9.17) is 0 Å². The summed E-state index contributed by atoms with van der Waals surface area (Å²) in [7, 11) is 0. The SMILES string of the molecule is Cc1cc(C)c([N+](=O)[O-])cc1N1CCC2(CCCCC2)C1=O. The molecule has 1 spiro atoms. The quantitative estimate of drug-likeness (QED) is 0.615. The highest BCUT2D eigenvalue weighted by atomic mass is 16.6. The molecule has 118 valence electrons. The Morgan fingerprint density at radius 3 is 2.41 bits per heavy atom. The topological polar surface area (TPSA) is 63.5 Å². The number of nitro benzene ring substituents is 1. The number of benzene rings is 1. The van der Waals surface area contributed by atoms with Crippen molar-refractivity contribution in [2.45, 2.75) is 52.4 Å². The van der Waals surface area contributed by atoms with E-state index in [0.29, 0.717) is 17.8 Å². The van der Waals surface area contributed by atoms with Crippen molar-refractivity contribution in [2.24, 2.45) is 5.41 Å². The van der Waals surface area contributed by atoms with E-state index in [1.807, 2.05) is 13.0 Å². The van der Waals surface area contributed by atoms with Crippen molar-refractivity contribution >= 4 is 17.3 Å². The van der Waals surface area contributed by atoms with Gasteiger partial charge in [0.15, 0.2) is 0 Å². The number of anilines is 1. The molecule has 5 nitrogen and oxygen atoms in total. The summed E-state index contributed by atoms with van der Waals surface area (Å²) in [5, 5.41) is 11.2. The van der Waals surface area contributed by atoms with Gasteiger partial charge in [0.05, 0.1) is 16.0 Å². The first kappa shape index (κ1) is 15.0. The average molecular weight is 302 g/mol. The van der Waals surface area contributed by atoms with Crippen LogP contribution in [0.15, 0.2) is 12.1 Å². The molecule has 0 unspecified atom stereocenters. The highest BCUT2D eigenvalue weighted by Gasteiger charge is 2.47. The van der Waals surface area contributed by atoms with Crippen LogP contribution >= 0.6 is 0 Å². The molecule has 1 saturated heterocycles. The van der Waals surface area contributed by atoms with Crippen molar-refractivity contribution in [1.82, 2.24) is 0 Å². The lowest BCUT2D eigenvalue weighted by molar-refractivity contribution is -0.385. The third kappa shape index (κ3) is 2.28. The zero-order valence-electron chi connectivity index (χ0n) is 13.2. The third-order valence-electron chi connectivity index (χ3n) is 5.33. The smallest absolute Gasteiger partial charge is 0.274 e. The van der Waals surface area contributed by atoms with Gasteiger partial charge in [0.25, 0.3) is 5.69 Å². The number of nitro groups is 1. The number of nitrogens with zero attached hydrogens (tertiary/aromatic N) is 2. The summed E-state index contributed by atoms with van der Waals surface area (Å²) >= 11 is 0.